The van der Waals surface area contributed by atoms with Gasteiger partial charge in [-0.25, -0.2) is 9.07 Å². The highest BCUT2D eigenvalue weighted by molar-refractivity contribution is 6.33. The Bertz CT molecular complexity index is 1220. The first-order valence-corrected chi connectivity index (χ1v) is 9.58. The molecular weight excluding hydrogens is 434 g/mol. The lowest BCUT2D eigenvalue weighted by Gasteiger charge is -2.31. The Balaban J connectivity index is 1.71. The van der Waals surface area contributed by atoms with Gasteiger partial charge in [0.2, 0.25) is 5.60 Å². The van der Waals surface area contributed by atoms with Crippen molar-refractivity contribution >= 4 is 28.2 Å². The van der Waals surface area contributed by atoms with Gasteiger partial charge in [-0.2, -0.15) is 18.3 Å². The summed E-state index contributed by atoms with van der Waals surface area (Å²) in [4.78, 5) is 0. The Morgan fingerprint density at radius 1 is 1.00 bits per heavy atom. The first kappa shape index (κ1) is 21.1. The van der Waals surface area contributed by atoms with Gasteiger partial charge in [0.05, 0.1) is 34.7 Å². The molecule has 2 N–H and O–H groups in total. The van der Waals surface area contributed by atoms with E-state index in [1.807, 2.05) is 0 Å². The predicted molar refractivity (Wildman–Crippen MR) is 111 cm³/mol. The van der Waals surface area contributed by atoms with Gasteiger partial charge >= 0.3 is 6.18 Å². The van der Waals surface area contributed by atoms with E-state index in [1.54, 1.807) is 12.1 Å². The van der Waals surface area contributed by atoms with Crippen LogP contribution in [0, 0.1) is 5.82 Å². The summed E-state index contributed by atoms with van der Waals surface area (Å²) >= 11 is 6.00. The van der Waals surface area contributed by atoms with Crippen molar-refractivity contribution in [1.29, 1.82) is 0 Å². The zero-order valence-corrected chi connectivity index (χ0v) is 16.6. The Kier molecular flexibility index (Phi) is 5.36. The lowest BCUT2D eigenvalue weighted by atomic mass is 9.92. The van der Waals surface area contributed by atoms with Crippen LogP contribution >= 0.6 is 11.6 Å². The highest BCUT2D eigenvalue weighted by atomic mass is 35.5. The molecule has 0 radical (unpaired) electrons. The molecule has 4 nitrogen and oxygen atoms in total. The third-order valence-electron chi connectivity index (χ3n) is 4.99. The first-order chi connectivity index (χ1) is 14.7. The summed E-state index contributed by atoms with van der Waals surface area (Å²) in [7, 11) is 0. The van der Waals surface area contributed by atoms with Crippen molar-refractivity contribution in [1.82, 2.24) is 9.78 Å². The minimum Gasteiger partial charge on any atom is -0.380 e. The molecule has 0 aliphatic rings. The van der Waals surface area contributed by atoms with Gasteiger partial charge in [0.15, 0.2) is 0 Å². The Labute approximate surface area is 179 Å². The van der Waals surface area contributed by atoms with Crippen LogP contribution in [0.4, 0.5) is 23.2 Å². The molecule has 0 saturated heterocycles. The van der Waals surface area contributed by atoms with Gasteiger partial charge in [-0.3, -0.25) is 0 Å². The molecular formula is C22H16ClF4N3O. The Hall–Kier alpha value is -3.10. The average Bonchev–Trinajstić information content (AvgIpc) is 3.16. The van der Waals surface area contributed by atoms with Crippen LogP contribution in [0.3, 0.4) is 0 Å². The quantitative estimate of drug-likeness (QED) is 0.385. The number of anilines is 1. The van der Waals surface area contributed by atoms with Crippen molar-refractivity contribution in [2.75, 3.05) is 11.9 Å². The van der Waals surface area contributed by atoms with Crippen LogP contribution in [0.5, 0.6) is 0 Å². The number of hydrogen-bond donors (Lipinski definition) is 2. The molecule has 4 aromatic rings. The zero-order chi connectivity index (χ0) is 22.2. The van der Waals surface area contributed by atoms with E-state index in [0.717, 1.165) is 0 Å². The van der Waals surface area contributed by atoms with Crippen LogP contribution in [0.15, 0.2) is 72.9 Å². The van der Waals surface area contributed by atoms with Gasteiger partial charge in [-0.1, -0.05) is 29.8 Å². The van der Waals surface area contributed by atoms with Crippen LogP contribution in [0.1, 0.15) is 5.56 Å². The van der Waals surface area contributed by atoms with Gasteiger partial charge < -0.3 is 10.4 Å². The number of aromatic nitrogens is 2. The summed E-state index contributed by atoms with van der Waals surface area (Å²) in [6, 6.07) is 15.8. The standard InChI is InChI=1S/C22H16ClF4N3O/c23-18-3-1-2-4-19(18)28-13-21(31,22(25,26)27)15-5-10-20-14(11-15)12-29-30(20)17-8-6-16(24)7-9-17/h1-12,28,31H,13H2. The third kappa shape index (κ3) is 3.96. The maximum Gasteiger partial charge on any atom is 0.423 e. The number of halogens is 5. The molecule has 1 atom stereocenters. The molecule has 1 aromatic heterocycles. The zero-order valence-electron chi connectivity index (χ0n) is 15.9. The molecule has 0 aliphatic carbocycles. The summed E-state index contributed by atoms with van der Waals surface area (Å²) in [5.74, 6) is -0.413. The van der Waals surface area contributed by atoms with Gasteiger partial charge in [0, 0.05) is 5.39 Å². The van der Waals surface area contributed by atoms with Crippen molar-refractivity contribution in [3.05, 3.63) is 89.3 Å². The van der Waals surface area contributed by atoms with E-state index in [4.69, 9.17) is 11.6 Å². The van der Waals surface area contributed by atoms with E-state index in [-0.39, 0.29) is 16.3 Å². The molecule has 1 heterocycles. The maximum atomic E-state index is 13.9. The van der Waals surface area contributed by atoms with Crippen LogP contribution in [0.25, 0.3) is 16.6 Å². The van der Waals surface area contributed by atoms with Crippen LogP contribution < -0.4 is 5.32 Å². The van der Waals surface area contributed by atoms with Crippen molar-refractivity contribution < 1.29 is 22.7 Å². The fourth-order valence-corrected chi connectivity index (χ4v) is 3.47. The summed E-state index contributed by atoms with van der Waals surface area (Å²) < 4.78 is 56.4. The monoisotopic (exact) mass is 449 g/mol. The highest BCUT2D eigenvalue weighted by Crippen LogP contribution is 2.40. The third-order valence-corrected chi connectivity index (χ3v) is 5.32. The number of rotatable bonds is 5. The molecule has 0 amide bonds. The highest BCUT2D eigenvalue weighted by Gasteiger charge is 2.55. The first-order valence-electron chi connectivity index (χ1n) is 9.21. The van der Waals surface area contributed by atoms with E-state index >= 15 is 0 Å². The number of alkyl halides is 3. The van der Waals surface area contributed by atoms with Gasteiger partial charge in [-0.05, 0) is 54.1 Å². The lowest BCUT2D eigenvalue weighted by molar-refractivity contribution is -0.260. The van der Waals surface area contributed by atoms with Crippen molar-refractivity contribution in [2.24, 2.45) is 0 Å². The van der Waals surface area contributed by atoms with E-state index < -0.39 is 24.1 Å². The number of hydrogen-bond acceptors (Lipinski definition) is 3. The number of fused-ring (bicyclic) bond motifs is 1. The van der Waals surface area contributed by atoms with Crippen LogP contribution in [-0.2, 0) is 5.60 Å². The largest absolute Gasteiger partial charge is 0.423 e. The molecule has 0 fully saturated rings. The van der Waals surface area contributed by atoms with Crippen LogP contribution in [0.2, 0.25) is 5.02 Å². The average molecular weight is 450 g/mol. The molecule has 1 unspecified atom stereocenters. The predicted octanol–water partition coefficient (Wildman–Crippen LogP) is 5.68. The number of para-hydroxylation sites is 1. The van der Waals surface area contributed by atoms with Gasteiger partial charge in [0.1, 0.15) is 5.82 Å². The molecule has 0 bridgehead atoms. The summed E-state index contributed by atoms with van der Waals surface area (Å²) in [5.41, 5.74) is -2.17. The van der Waals surface area contributed by atoms with E-state index in [9.17, 15) is 22.7 Å². The minimum atomic E-state index is -4.96. The topological polar surface area (TPSA) is 50.1 Å². The lowest BCUT2D eigenvalue weighted by Crippen LogP contribution is -2.47. The minimum absolute atomic E-state index is 0.239. The summed E-state index contributed by atoms with van der Waals surface area (Å²) in [6.07, 6.45) is -3.57. The van der Waals surface area contributed by atoms with E-state index in [2.05, 4.69) is 10.4 Å². The molecule has 3 aromatic carbocycles. The molecule has 9 heteroatoms. The van der Waals surface area contributed by atoms with Gasteiger partial charge in [0.25, 0.3) is 0 Å². The second kappa shape index (κ2) is 7.86. The molecule has 31 heavy (non-hydrogen) atoms. The van der Waals surface area contributed by atoms with Crippen molar-refractivity contribution in [3.8, 4) is 5.69 Å². The SMILES string of the molecule is OC(CNc1ccccc1Cl)(c1ccc2c(cnn2-c2ccc(F)cc2)c1)C(F)(F)F. The van der Waals surface area contributed by atoms with Crippen molar-refractivity contribution in [2.45, 2.75) is 11.8 Å². The van der Waals surface area contributed by atoms with E-state index in [0.29, 0.717) is 16.6 Å². The smallest absolute Gasteiger partial charge is 0.380 e. The normalized spacial score (nSPS) is 13.9. The summed E-state index contributed by atoms with van der Waals surface area (Å²) in [6.45, 7) is -0.835. The van der Waals surface area contributed by atoms with E-state index in [1.165, 1.54) is 65.5 Å². The second-order valence-corrected chi connectivity index (χ2v) is 7.41. The fourth-order valence-electron chi connectivity index (χ4n) is 3.27. The number of aliphatic hydroxyl groups is 1. The molecule has 0 aliphatic heterocycles. The number of benzene rings is 3. The molecule has 0 saturated carbocycles. The number of nitrogens with one attached hydrogen (secondary N) is 1. The second-order valence-electron chi connectivity index (χ2n) is 7.00. The summed E-state index contributed by atoms with van der Waals surface area (Å²) in [5, 5.41) is 18.1. The molecule has 4 rings (SSSR count). The van der Waals surface area contributed by atoms with Crippen molar-refractivity contribution in [3.63, 3.8) is 0 Å². The Morgan fingerprint density at radius 2 is 1.71 bits per heavy atom. The molecule has 0 spiro atoms. The van der Waals surface area contributed by atoms with Crippen LogP contribution in [-0.4, -0.2) is 27.6 Å². The number of nitrogens with zero attached hydrogens (tertiary/aromatic N) is 2. The Morgan fingerprint density at radius 3 is 2.39 bits per heavy atom. The molecule has 160 valence electrons. The van der Waals surface area contributed by atoms with Gasteiger partial charge in [-0.15, -0.1) is 0 Å². The fraction of sp³-hybridized carbons (Fsp3) is 0.136. The maximum absolute atomic E-state index is 13.9.